The Morgan fingerprint density at radius 1 is 1.22 bits per heavy atom. The van der Waals surface area contributed by atoms with E-state index in [2.05, 4.69) is 15.3 Å². The summed E-state index contributed by atoms with van der Waals surface area (Å²) in [7, 11) is 3.08. The maximum absolute atomic E-state index is 11.1. The van der Waals surface area contributed by atoms with Gasteiger partial charge in [0.05, 0.1) is 26.3 Å². The molecule has 0 aliphatic rings. The van der Waals surface area contributed by atoms with E-state index in [9.17, 15) is 4.79 Å². The number of hydrogen-bond donors (Lipinski definition) is 3. The zero-order valence-corrected chi connectivity index (χ0v) is 13.2. The predicted molar refractivity (Wildman–Crippen MR) is 86.9 cm³/mol. The smallest absolute Gasteiger partial charge is 0.221 e. The SMILES string of the molecule is COc1cc(-c2cnc(N)nc2N)cc(OC)c1CNC(C)=O. The highest BCUT2D eigenvalue weighted by Crippen LogP contribution is 2.36. The molecule has 1 aromatic heterocycles. The van der Waals surface area contributed by atoms with Gasteiger partial charge in [0, 0.05) is 18.7 Å². The van der Waals surface area contributed by atoms with Crippen molar-refractivity contribution >= 4 is 17.7 Å². The number of nitrogens with zero attached hydrogens (tertiary/aromatic N) is 2. The summed E-state index contributed by atoms with van der Waals surface area (Å²) >= 11 is 0. The summed E-state index contributed by atoms with van der Waals surface area (Å²) in [5.41, 5.74) is 13.5. The van der Waals surface area contributed by atoms with Crippen LogP contribution in [0.25, 0.3) is 11.1 Å². The molecule has 122 valence electrons. The van der Waals surface area contributed by atoms with Gasteiger partial charge in [-0.25, -0.2) is 4.98 Å². The van der Waals surface area contributed by atoms with Crippen LogP contribution in [0.3, 0.4) is 0 Å². The predicted octanol–water partition coefficient (Wildman–Crippen LogP) is 0.961. The monoisotopic (exact) mass is 317 g/mol. The number of aromatic nitrogens is 2. The van der Waals surface area contributed by atoms with E-state index in [1.807, 2.05) is 0 Å². The van der Waals surface area contributed by atoms with E-state index in [-0.39, 0.29) is 24.2 Å². The van der Waals surface area contributed by atoms with Gasteiger partial charge in [0.15, 0.2) is 0 Å². The highest BCUT2D eigenvalue weighted by Gasteiger charge is 2.16. The number of hydrogen-bond acceptors (Lipinski definition) is 7. The maximum atomic E-state index is 11.1. The number of nitrogens with two attached hydrogens (primary N) is 2. The minimum absolute atomic E-state index is 0.104. The number of carbonyl (C=O) groups is 1. The van der Waals surface area contributed by atoms with Crippen molar-refractivity contribution in [2.45, 2.75) is 13.5 Å². The second-order valence-electron chi connectivity index (χ2n) is 4.80. The largest absolute Gasteiger partial charge is 0.496 e. The Morgan fingerprint density at radius 3 is 2.30 bits per heavy atom. The van der Waals surface area contributed by atoms with Gasteiger partial charge in [0.25, 0.3) is 0 Å². The van der Waals surface area contributed by atoms with Gasteiger partial charge in [-0.05, 0) is 17.7 Å². The average Bonchev–Trinajstić information content (AvgIpc) is 2.52. The number of nitrogen functional groups attached to an aromatic ring is 2. The van der Waals surface area contributed by atoms with E-state index in [1.54, 1.807) is 32.5 Å². The van der Waals surface area contributed by atoms with Crippen LogP contribution in [-0.2, 0) is 11.3 Å². The molecule has 0 bridgehead atoms. The standard InChI is InChI=1S/C15H19N5O3/c1-8(21)18-7-11-12(22-2)4-9(5-13(11)23-3)10-6-19-15(17)20-14(10)16/h4-6H,7H2,1-3H3,(H,18,21)(H4,16,17,19,20). The molecule has 0 aliphatic carbocycles. The minimum atomic E-state index is -0.144. The first-order valence-electron chi connectivity index (χ1n) is 6.84. The highest BCUT2D eigenvalue weighted by atomic mass is 16.5. The van der Waals surface area contributed by atoms with Crippen LogP contribution >= 0.6 is 0 Å². The summed E-state index contributed by atoms with van der Waals surface area (Å²) in [6, 6.07) is 3.57. The van der Waals surface area contributed by atoms with Gasteiger partial charge in [-0.1, -0.05) is 0 Å². The number of benzene rings is 1. The third kappa shape index (κ3) is 3.60. The lowest BCUT2D eigenvalue weighted by atomic mass is 10.0. The van der Waals surface area contributed by atoms with Gasteiger partial charge in [-0.15, -0.1) is 0 Å². The van der Waals surface area contributed by atoms with Crippen LogP contribution in [0.1, 0.15) is 12.5 Å². The van der Waals surface area contributed by atoms with Gasteiger partial charge in [0.1, 0.15) is 17.3 Å². The fraction of sp³-hybridized carbons (Fsp3) is 0.267. The Kier molecular flexibility index (Phi) is 4.85. The molecule has 0 saturated carbocycles. The molecule has 0 radical (unpaired) electrons. The Bertz CT molecular complexity index is 708. The molecule has 0 fully saturated rings. The van der Waals surface area contributed by atoms with Crippen molar-refractivity contribution in [3.63, 3.8) is 0 Å². The fourth-order valence-electron chi connectivity index (χ4n) is 2.16. The maximum Gasteiger partial charge on any atom is 0.221 e. The Hall–Kier alpha value is -3.03. The number of nitrogens with one attached hydrogen (secondary N) is 1. The van der Waals surface area contributed by atoms with E-state index in [0.717, 1.165) is 11.1 Å². The molecular weight excluding hydrogens is 298 g/mol. The van der Waals surface area contributed by atoms with Crippen LogP contribution in [-0.4, -0.2) is 30.1 Å². The molecule has 1 heterocycles. The molecule has 2 rings (SSSR count). The third-order valence-corrected chi connectivity index (χ3v) is 3.27. The summed E-state index contributed by atoms with van der Waals surface area (Å²) in [5, 5.41) is 2.72. The van der Waals surface area contributed by atoms with Crippen molar-refractivity contribution in [1.82, 2.24) is 15.3 Å². The van der Waals surface area contributed by atoms with Gasteiger partial charge in [0.2, 0.25) is 11.9 Å². The first-order chi connectivity index (χ1) is 11.0. The van der Waals surface area contributed by atoms with Crippen molar-refractivity contribution < 1.29 is 14.3 Å². The summed E-state index contributed by atoms with van der Waals surface area (Å²) in [4.78, 5) is 19.0. The van der Waals surface area contributed by atoms with Crippen molar-refractivity contribution in [2.24, 2.45) is 0 Å². The number of amides is 1. The van der Waals surface area contributed by atoms with Gasteiger partial charge >= 0.3 is 0 Å². The molecule has 5 N–H and O–H groups in total. The van der Waals surface area contributed by atoms with Gasteiger partial charge in [-0.2, -0.15) is 4.98 Å². The lowest BCUT2D eigenvalue weighted by Gasteiger charge is -2.16. The van der Waals surface area contributed by atoms with Crippen LogP contribution in [0.5, 0.6) is 11.5 Å². The second kappa shape index (κ2) is 6.82. The molecular formula is C15H19N5O3. The lowest BCUT2D eigenvalue weighted by Crippen LogP contribution is -2.19. The number of methoxy groups -OCH3 is 2. The van der Waals surface area contributed by atoms with E-state index < -0.39 is 0 Å². The summed E-state index contributed by atoms with van der Waals surface area (Å²) in [5.74, 6) is 1.34. The summed E-state index contributed by atoms with van der Waals surface area (Å²) < 4.78 is 10.8. The zero-order valence-electron chi connectivity index (χ0n) is 13.2. The fourth-order valence-corrected chi connectivity index (χ4v) is 2.16. The van der Waals surface area contributed by atoms with Crippen LogP contribution in [0.4, 0.5) is 11.8 Å². The summed E-state index contributed by atoms with van der Waals surface area (Å²) in [6.07, 6.45) is 1.54. The molecule has 8 nitrogen and oxygen atoms in total. The highest BCUT2D eigenvalue weighted by molar-refractivity contribution is 5.77. The molecule has 1 amide bonds. The van der Waals surface area contributed by atoms with Crippen LogP contribution in [0.2, 0.25) is 0 Å². The Labute approximate surface area is 133 Å². The first kappa shape index (κ1) is 16.3. The molecule has 1 aromatic carbocycles. The number of anilines is 2. The van der Waals surface area contributed by atoms with E-state index in [4.69, 9.17) is 20.9 Å². The number of ether oxygens (including phenoxy) is 2. The normalized spacial score (nSPS) is 10.2. The molecule has 8 heteroatoms. The topological polar surface area (TPSA) is 125 Å². The van der Waals surface area contributed by atoms with Gasteiger partial charge in [-0.3, -0.25) is 4.79 Å². The molecule has 0 unspecified atom stereocenters. The molecule has 23 heavy (non-hydrogen) atoms. The molecule has 0 spiro atoms. The van der Waals surface area contributed by atoms with Crippen molar-refractivity contribution in [1.29, 1.82) is 0 Å². The average molecular weight is 317 g/mol. The number of carbonyl (C=O) groups excluding carboxylic acids is 1. The van der Waals surface area contributed by atoms with Crippen LogP contribution < -0.4 is 26.3 Å². The first-order valence-corrected chi connectivity index (χ1v) is 6.84. The number of rotatable bonds is 5. The molecule has 0 aliphatic heterocycles. The minimum Gasteiger partial charge on any atom is -0.496 e. The Balaban J connectivity index is 2.52. The van der Waals surface area contributed by atoms with Crippen molar-refractivity contribution in [2.75, 3.05) is 25.7 Å². The van der Waals surface area contributed by atoms with Crippen LogP contribution in [0.15, 0.2) is 18.3 Å². The second-order valence-corrected chi connectivity index (χ2v) is 4.80. The van der Waals surface area contributed by atoms with Crippen molar-refractivity contribution in [3.8, 4) is 22.6 Å². The van der Waals surface area contributed by atoms with E-state index in [0.29, 0.717) is 17.1 Å². The lowest BCUT2D eigenvalue weighted by molar-refractivity contribution is -0.119. The zero-order chi connectivity index (χ0) is 17.0. The Morgan fingerprint density at radius 2 is 1.83 bits per heavy atom. The molecule has 2 aromatic rings. The van der Waals surface area contributed by atoms with E-state index in [1.165, 1.54) is 6.92 Å². The molecule has 0 saturated heterocycles. The van der Waals surface area contributed by atoms with E-state index >= 15 is 0 Å². The third-order valence-electron chi connectivity index (χ3n) is 3.27. The quantitative estimate of drug-likeness (QED) is 0.750. The summed E-state index contributed by atoms with van der Waals surface area (Å²) in [6.45, 7) is 1.73. The van der Waals surface area contributed by atoms with Crippen molar-refractivity contribution in [3.05, 3.63) is 23.9 Å². The molecule has 0 atom stereocenters. The van der Waals surface area contributed by atoms with Crippen LogP contribution in [0, 0.1) is 0 Å². The van der Waals surface area contributed by atoms with Gasteiger partial charge < -0.3 is 26.3 Å².